The fraction of sp³-hybridized carbons (Fsp3) is 0.450. The Balaban J connectivity index is 1.45. The molecule has 2 atom stereocenters. The monoisotopic (exact) mass is 370 g/mol. The zero-order valence-electron chi connectivity index (χ0n) is 14.8. The molecule has 0 spiro atoms. The number of aromatic nitrogens is 1. The van der Waals surface area contributed by atoms with E-state index in [1.54, 1.807) is 4.90 Å². The maximum absolute atomic E-state index is 12.7. The first-order chi connectivity index (χ1) is 12.5. The molecule has 1 saturated heterocycles. The molecule has 1 aromatic carbocycles. The number of hydrogen-bond acceptors (Lipinski definition) is 4. The van der Waals surface area contributed by atoms with E-state index in [1.807, 2.05) is 24.4 Å². The number of carboxylic acids is 1. The minimum Gasteiger partial charge on any atom is -0.481 e. The second kappa shape index (κ2) is 6.50. The molecule has 0 radical (unpaired) electrons. The predicted octanol–water partition coefficient (Wildman–Crippen LogP) is 3.37. The van der Waals surface area contributed by atoms with Crippen LogP contribution in [0.4, 0.5) is 0 Å². The van der Waals surface area contributed by atoms with Gasteiger partial charge in [-0.25, -0.2) is 4.98 Å². The Bertz CT molecular complexity index is 845. The van der Waals surface area contributed by atoms with E-state index in [1.165, 1.54) is 16.9 Å². The number of likely N-dealkylation sites (tertiary alicyclic amines) is 1. The highest BCUT2D eigenvalue weighted by molar-refractivity contribution is 7.13. The Morgan fingerprint density at radius 3 is 2.81 bits per heavy atom. The zero-order valence-corrected chi connectivity index (χ0v) is 15.6. The first-order valence-corrected chi connectivity index (χ1v) is 9.88. The van der Waals surface area contributed by atoms with E-state index in [-0.39, 0.29) is 18.2 Å². The fourth-order valence-electron chi connectivity index (χ4n) is 4.31. The molecule has 136 valence electrons. The lowest BCUT2D eigenvalue weighted by Crippen LogP contribution is -2.37. The van der Waals surface area contributed by atoms with Gasteiger partial charge < -0.3 is 10.0 Å². The van der Waals surface area contributed by atoms with Gasteiger partial charge in [0, 0.05) is 24.0 Å². The van der Waals surface area contributed by atoms with Crippen molar-refractivity contribution >= 4 is 23.2 Å². The van der Waals surface area contributed by atoms with Crippen LogP contribution >= 0.6 is 11.3 Å². The summed E-state index contributed by atoms with van der Waals surface area (Å²) in [5.74, 6) is -0.658. The second-order valence-electron chi connectivity index (χ2n) is 7.51. The van der Waals surface area contributed by atoms with E-state index in [4.69, 9.17) is 0 Å². The van der Waals surface area contributed by atoms with Crippen LogP contribution in [-0.2, 0) is 16.0 Å². The van der Waals surface area contributed by atoms with E-state index in [9.17, 15) is 14.7 Å². The van der Waals surface area contributed by atoms with E-state index >= 15 is 0 Å². The third-order valence-corrected chi connectivity index (χ3v) is 6.77. The quantitative estimate of drug-likeness (QED) is 0.896. The van der Waals surface area contributed by atoms with E-state index in [0.717, 1.165) is 29.1 Å². The van der Waals surface area contributed by atoms with Crippen LogP contribution in [0.3, 0.4) is 0 Å². The maximum atomic E-state index is 12.7. The number of nitrogens with zero attached hydrogens (tertiary/aromatic N) is 2. The molecular formula is C20H22N2O3S. The van der Waals surface area contributed by atoms with Gasteiger partial charge in [-0.15, -0.1) is 11.3 Å². The molecule has 1 aliphatic heterocycles. The number of benzene rings is 1. The molecule has 1 aromatic heterocycles. The lowest BCUT2D eigenvalue weighted by atomic mass is 9.81. The molecule has 2 aliphatic rings. The number of carboxylic acid groups (broad SMARTS) is 1. The standard InChI is InChI=1S/C20H22N2O3S/c1-13-4-6-14(7-5-13)18-21-16(11-26-18)9-17(23)22-10-15-3-2-8-20(15,12-22)19(24)25/h4-7,11,15H,2-3,8-10,12H2,1H3,(H,24,25)/t15-,20+/m0/s1. The number of aryl methyl sites for hydroxylation is 1. The Morgan fingerprint density at radius 1 is 1.35 bits per heavy atom. The lowest BCUT2D eigenvalue weighted by molar-refractivity contribution is -0.149. The van der Waals surface area contributed by atoms with Crippen molar-refractivity contribution in [1.29, 1.82) is 0 Å². The van der Waals surface area contributed by atoms with Crippen LogP contribution in [0.1, 0.15) is 30.5 Å². The molecule has 1 saturated carbocycles. The Kier molecular flexibility index (Phi) is 4.31. The average Bonchev–Trinajstić information content (AvgIpc) is 3.29. The van der Waals surface area contributed by atoms with Gasteiger partial charge in [0.15, 0.2) is 0 Å². The summed E-state index contributed by atoms with van der Waals surface area (Å²) in [6.07, 6.45) is 2.78. The van der Waals surface area contributed by atoms with Crippen molar-refractivity contribution in [1.82, 2.24) is 9.88 Å². The molecule has 1 aliphatic carbocycles. The summed E-state index contributed by atoms with van der Waals surface area (Å²) in [6, 6.07) is 8.18. The van der Waals surface area contributed by atoms with E-state index in [0.29, 0.717) is 19.5 Å². The largest absolute Gasteiger partial charge is 0.481 e. The van der Waals surface area contributed by atoms with Gasteiger partial charge in [0.1, 0.15) is 5.01 Å². The maximum Gasteiger partial charge on any atom is 0.311 e. The van der Waals surface area contributed by atoms with Crippen molar-refractivity contribution < 1.29 is 14.7 Å². The van der Waals surface area contributed by atoms with Crippen LogP contribution in [0, 0.1) is 18.3 Å². The number of hydrogen-bond donors (Lipinski definition) is 1. The number of fused-ring (bicyclic) bond motifs is 1. The van der Waals surface area contributed by atoms with Gasteiger partial charge in [0.25, 0.3) is 0 Å². The second-order valence-corrected chi connectivity index (χ2v) is 8.37. The van der Waals surface area contributed by atoms with Gasteiger partial charge in [0.2, 0.25) is 5.91 Å². The first-order valence-electron chi connectivity index (χ1n) is 9.00. The molecule has 26 heavy (non-hydrogen) atoms. The molecule has 1 N–H and O–H groups in total. The molecule has 2 fully saturated rings. The minimum atomic E-state index is -0.745. The van der Waals surface area contributed by atoms with Crippen LogP contribution in [0.25, 0.3) is 10.6 Å². The number of rotatable bonds is 4. The number of carbonyl (C=O) groups excluding carboxylic acids is 1. The molecule has 1 amide bonds. The van der Waals surface area contributed by atoms with Gasteiger partial charge >= 0.3 is 5.97 Å². The number of thiazole rings is 1. The van der Waals surface area contributed by atoms with Gasteiger partial charge in [-0.05, 0) is 25.7 Å². The van der Waals surface area contributed by atoms with Gasteiger partial charge in [-0.2, -0.15) is 0 Å². The van der Waals surface area contributed by atoms with Crippen molar-refractivity contribution in [3.63, 3.8) is 0 Å². The first kappa shape index (κ1) is 17.2. The molecule has 0 bridgehead atoms. The Hall–Kier alpha value is -2.21. The third kappa shape index (κ3) is 2.92. The van der Waals surface area contributed by atoms with Gasteiger partial charge in [0.05, 0.1) is 17.5 Å². The van der Waals surface area contributed by atoms with Crippen LogP contribution in [0.15, 0.2) is 29.6 Å². The molecule has 6 heteroatoms. The molecule has 2 aromatic rings. The number of aliphatic carboxylic acids is 1. The zero-order chi connectivity index (χ0) is 18.3. The van der Waals surface area contributed by atoms with Crippen LogP contribution in [0.2, 0.25) is 0 Å². The average molecular weight is 370 g/mol. The van der Waals surface area contributed by atoms with Crippen molar-refractivity contribution in [3.8, 4) is 10.6 Å². The van der Waals surface area contributed by atoms with Crippen LogP contribution < -0.4 is 0 Å². The third-order valence-electron chi connectivity index (χ3n) is 5.83. The number of amides is 1. The summed E-state index contributed by atoms with van der Waals surface area (Å²) in [5.41, 5.74) is 2.30. The summed E-state index contributed by atoms with van der Waals surface area (Å²) in [5, 5.41) is 12.5. The highest BCUT2D eigenvalue weighted by Crippen LogP contribution is 2.49. The van der Waals surface area contributed by atoms with Crippen molar-refractivity contribution in [2.24, 2.45) is 11.3 Å². The van der Waals surface area contributed by atoms with E-state index in [2.05, 4.69) is 17.1 Å². The molecule has 5 nitrogen and oxygen atoms in total. The smallest absolute Gasteiger partial charge is 0.311 e. The summed E-state index contributed by atoms with van der Waals surface area (Å²) >= 11 is 1.54. The summed E-state index contributed by atoms with van der Waals surface area (Å²) in [7, 11) is 0. The summed E-state index contributed by atoms with van der Waals surface area (Å²) in [4.78, 5) is 30.8. The van der Waals surface area contributed by atoms with Crippen molar-refractivity contribution in [2.75, 3.05) is 13.1 Å². The summed E-state index contributed by atoms with van der Waals surface area (Å²) < 4.78 is 0. The minimum absolute atomic E-state index is 0.0132. The normalized spacial score (nSPS) is 24.7. The van der Waals surface area contributed by atoms with Crippen LogP contribution in [0.5, 0.6) is 0 Å². The predicted molar refractivity (Wildman–Crippen MR) is 100.0 cm³/mol. The topological polar surface area (TPSA) is 70.5 Å². The van der Waals surface area contributed by atoms with Crippen molar-refractivity contribution in [2.45, 2.75) is 32.6 Å². The lowest BCUT2D eigenvalue weighted by Gasteiger charge is -2.23. The molecule has 4 rings (SSSR count). The van der Waals surface area contributed by atoms with Crippen LogP contribution in [-0.4, -0.2) is 40.0 Å². The molecule has 0 unspecified atom stereocenters. The van der Waals surface area contributed by atoms with Gasteiger partial charge in [-0.1, -0.05) is 36.2 Å². The van der Waals surface area contributed by atoms with Gasteiger partial charge in [-0.3, -0.25) is 9.59 Å². The highest BCUT2D eigenvalue weighted by atomic mass is 32.1. The van der Waals surface area contributed by atoms with Crippen molar-refractivity contribution in [3.05, 3.63) is 40.9 Å². The SMILES string of the molecule is Cc1ccc(-c2nc(CC(=O)N3C[C@@H]4CCC[C@@]4(C(=O)O)C3)cs2)cc1. The van der Waals surface area contributed by atoms with E-state index < -0.39 is 11.4 Å². The Labute approximate surface area is 156 Å². The molecular weight excluding hydrogens is 348 g/mol. The highest BCUT2D eigenvalue weighted by Gasteiger charge is 2.55. The number of carbonyl (C=O) groups is 2. The molecule has 2 heterocycles. The Morgan fingerprint density at radius 2 is 2.12 bits per heavy atom. The summed E-state index contributed by atoms with van der Waals surface area (Å²) in [6.45, 7) is 2.96. The fourth-order valence-corrected chi connectivity index (χ4v) is 5.14.